The fourth-order valence-corrected chi connectivity index (χ4v) is 5.95. The van der Waals surface area contributed by atoms with Gasteiger partial charge >= 0.3 is 0 Å². The molecule has 2 aromatic carbocycles. The van der Waals surface area contributed by atoms with Crippen LogP contribution in [-0.2, 0) is 0 Å². The Morgan fingerprint density at radius 2 is 1.75 bits per heavy atom. The first kappa shape index (κ1) is 19.4. The van der Waals surface area contributed by atoms with Crippen molar-refractivity contribution in [3.63, 3.8) is 0 Å². The highest BCUT2D eigenvalue weighted by molar-refractivity contribution is 7.22. The second kappa shape index (κ2) is 7.67. The molecule has 2 unspecified atom stereocenters. The number of halogens is 1. The molecule has 0 spiro atoms. The van der Waals surface area contributed by atoms with Gasteiger partial charge in [-0.3, -0.25) is 4.79 Å². The van der Waals surface area contributed by atoms with Crippen molar-refractivity contribution in [1.82, 2.24) is 24.9 Å². The molecule has 2 saturated heterocycles. The van der Waals surface area contributed by atoms with Crippen LogP contribution in [0.5, 0.6) is 0 Å². The summed E-state index contributed by atoms with van der Waals surface area (Å²) < 4.78 is 15.2. The average molecular weight is 449 g/mol. The number of benzene rings is 2. The molecular weight excluding hydrogens is 427 g/mol. The third-order valence-electron chi connectivity index (χ3n) is 6.24. The van der Waals surface area contributed by atoms with Crippen LogP contribution in [0.25, 0.3) is 15.9 Å². The lowest BCUT2D eigenvalue weighted by molar-refractivity contribution is 0.0564. The Hall–Kier alpha value is -3.33. The third-order valence-corrected chi connectivity index (χ3v) is 7.34. The standard InChI is InChI=1S/C23H21FN6OS/c24-17-5-6-20(30-25-7-8-26-30)18(10-17)22(31)28-11-15-9-16(12-28)14-29(13-15)23-27-19-3-1-2-4-21(19)32-23/h1-8,10,15-16H,9,11-14H2. The molecular formula is C23H21FN6OS. The van der Waals surface area contributed by atoms with E-state index in [0.29, 0.717) is 36.2 Å². The Morgan fingerprint density at radius 3 is 2.50 bits per heavy atom. The van der Waals surface area contributed by atoms with Crippen LogP contribution >= 0.6 is 11.3 Å². The SMILES string of the molecule is O=C(c1cc(F)ccc1-n1nccn1)N1CC2CC(C1)CN(c1nc3ccccc3s1)C2. The van der Waals surface area contributed by atoms with Crippen molar-refractivity contribution in [1.29, 1.82) is 0 Å². The number of likely N-dealkylation sites (tertiary alicyclic amines) is 1. The molecule has 2 fully saturated rings. The highest BCUT2D eigenvalue weighted by Crippen LogP contribution is 2.36. The summed E-state index contributed by atoms with van der Waals surface area (Å²) in [7, 11) is 0. The van der Waals surface area contributed by atoms with Crippen LogP contribution in [0.2, 0.25) is 0 Å². The van der Waals surface area contributed by atoms with Crippen LogP contribution in [0, 0.1) is 17.7 Å². The predicted octanol–water partition coefficient (Wildman–Crippen LogP) is 3.61. The number of aromatic nitrogens is 4. The van der Waals surface area contributed by atoms with Crippen LogP contribution in [0.3, 0.4) is 0 Å². The highest BCUT2D eigenvalue weighted by Gasteiger charge is 2.37. The molecule has 2 aliphatic rings. The fraction of sp³-hybridized carbons (Fsp3) is 0.304. The van der Waals surface area contributed by atoms with E-state index in [4.69, 9.17) is 4.98 Å². The van der Waals surface area contributed by atoms with E-state index in [9.17, 15) is 9.18 Å². The molecule has 2 atom stereocenters. The number of anilines is 1. The summed E-state index contributed by atoms with van der Waals surface area (Å²) in [5, 5.41) is 9.30. The number of rotatable bonds is 3. The van der Waals surface area contributed by atoms with Crippen molar-refractivity contribution in [2.24, 2.45) is 11.8 Å². The number of carbonyl (C=O) groups excluding carboxylic acids is 1. The van der Waals surface area contributed by atoms with Gasteiger partial charge in [-0.15, -0.1) is 0 Å². The molecule has 2 bridgehead atoms. The number of hydrogen-bond acceptors (Lipinski definition) is 6. The van der Waals surface area contributed by atoms with E-state index in [2.05, 4.69) is 21.2 Å². The third kappa shape index (κ3) is 3.42. The van der Waals surface area contributed by atoms with Crippen molar-refractivity contribution in [2.45, 2.75) is 6.42 Å². The zero-order valence-electron chi connectivity index (χ0n) is 17.3. The molecule has 1 amide bonds. The van der Waals surface area contributed by atoms with Crippen molar-refractivity contribution < 1.29 is 9.18 Å². The van der Waals surface area contributed by atoms with E-state index >= 15 is 0 Å². The van der Waals surface area contributed by atoms with E-state index in [1.54, 1.807) is 29.8 Å². The minimum Gasteiger partial charge on any atom is -0.347 e. The Kier molecular flexibility index (Phi) is 4.64. The molecule has 32 heavy (non-hydrogen) atoms. The summed E-state index contributed by atoms with van der Waals surface area (Å²) >= 11 is 1.72. The quantitative estimate of drug-likeness (QED) is 0.479. The number of nitrogens with zero attached hydrogens (tertiary/aromatic N) is 6. The van der Waals surface area contributed by atoms with E-state index < -0.39 is 5.82 Å². The zero-order chi connectivity index (χ0) is 21.7. The average Bonchev–Trinajstić information content (AvgIpc) is 3.48. The molecule has 9 heteroatoms. The molecule has 7 nitrogen and oxygen atoms in total. The maximum absolute atomic E-state index is 14.0. The van der Waals surface area contributed by atoms with Crippen molar-refractivity contribution in [2.75, 3.05) is 31.1 Å². The fourth-order valence-electron chi connectivity index (χ4n) is 4.96. The largest absolute Gasteiger partial charge is 0.347 e. The smallest absolute Gasteiger partial charge is 0.256 e. The Morgan fingerprint density at radius 1 is 1.00 bits per heavy atom. The molecule has 4 aromatic rings. The van der Waals surface area contributed by atoms with Gasteiger partial charge in [0.1, 0.15) is 5.82 Å². The van der Waals surface area contributed by atoms with Gasteiger partial charge in [-0.1, -0.05) is 23.5 Å². The number of piperidine rings is 2. The van der Waals surface area contributed by atoms with Gasteiger partial charge in [0.25, 0.3) is 5.91 Å². The first-order valence-corrected chi connectivity index (χ1v) is 11.5. The number of thiazole rings is 1. The second-order valence-electron chi connectivity index (χ2n) is 8.53. The van der Waals surface area contributed by atoms with Gasteiger partial charge in [0.15, 0.2) is 5.13 Å². The Bertz CT molecular complexity index is 1240. The first-order chi connectivity index (χ1) is 15.6. The minimum atomic E-state index is -0.441. The van der Waals surface area contributed by atoms with Gasteiger partial charge in [-0.25, -0.2) is 9.37 Å². The maximum Gasteiger partial charge on any atom is 0.256 e. The zero-order valence-corrected chi connectivity index (χ0v) is 18.1. The summed E-state index contributed by atoms with van der Waals surface area (Å²) in [6.45, 7) is 3.05. The Balaban J connectivity index is 1.23. The summed E-state index contributed by atoms with van der Waals surface area (Å²) in [6.07, 6.45) is 4.18. The van der Waals surface area contributed by atoms with Gasteiger partial charge in [-0.2, -0.15) is 15.0 Å². The van der Waals surface area contributed by atoms with Crippen molar-refractivity contribution >= 4 is 32.6 Å². The van der Waals surface area contributed by atoms with Crippen molar-refractivity contribution in [3.05, 3.63) is 66.2 Å². The highest BCUT2D eigenvalue weighted by atomic mass is 32.1. The van der Waals surface area contributed by atoms with Crippen LogP contribution in [0.4, 0.5) is 9.52 Å². The van der Waals surface area contributed by atoms with Gasteiger partial charge < -0.3 is 9.80 Å². The van der Waals surface area contributed by atoms with Crippen LogP contribution in [-0.4, -0.2) is 57.0 Å². The predicted molar refractivity (Wildman–Crippen MR) is 121 cm³/mol. The lowest BCUT2D eigenvalue weighted by Crippen LogP contribution is -2.54. The molecule has 162 valence electrons. The number of para-hydroxylation sites is 1. The van der Waals surface area contributed by atoms with Gasteiger partial charge in [-0.05, 0) is 48.6 Å². The Labute approximate surface area is 188 Å². The van der Waals surface area contributed by atoms with Crippen LogP contribution < -0.4 is 4.90 Å². The molecule has 6 rings (SSSR count). The molecule has 0 saturated carbocycles. The van der Waals surface area contributed by atoms with Crippen LogP contribution in [0.15, 0.2) is 54.9 Å². The number of amides is 1. The normalized spacial score (nSPS) is 20.7. The topological polar surface area (TPSA) is 67.2 Å². The van der Waals surface area contributed by atoms with E-state index in [1.807, 2.05) is 23.1 Å². The minimum absolute atomic E-state index is 0.167. The number of fused-ring (bicyclic) bond motifs is 3. The summed E-state index contributed by atoms with van der Waals surface area (Å²) in [5.74, 6) is 0.111. The van der Waals surface area contributed by atoms with E-state index in [-0.39, 0.29) is 5.91 Å². The molecule has 4 heterocycles. The monoisotopic (exact) mass is 448 g/mol. The van der Waals surface area contributed by atoms with Crippen molar-refractivity contribution in [3.8, 4) is 5.69 Å². The molecule has 2 aromatic heterocycles. The molecule has 2 aliphatic heterocycles. The summed E-state index contributed by atoms with van der Waals surface area (Å²) in [4.78, 5) is 23.9. The van der Waals surface area contributed by atoms with E-state index in [1.165, 1.54) is 21.6 Å². The summed E-state index contributed by atoms with van der Waals surface area (Å²) in [6, 6.07) is 12.4. The maximum atomic E-state index is 14.0. The molecule has 0 N–H and O–H groups in total. The van der Waals surface area contributed by atoms with Gasteiger partial charge in [0, 0.05) is 26.2 Å². The lowest BCUT2D eigenvalue weighted by Gasteiger charge is -2.45. The van der Waals surface area contributed by atoms with Crippen LogP contribution in [0.1, 0.15) is 16.8 Å². The molecule has 0 aliphatic carbocycles. The molecule has 0 radical (unpaired) electrons. The van der Waals surface area contributed by atoms with Gasteiger partial charge in [0.05, 0.1) is 33.9 Å². The summed E-state index contributed by atoms with van der Waals surface area (Å²) in [5.41, 5.74) is 1.82. The lowest BCUT2D eigenvalue weighted by atomic mass is 9.84. The van der Waals surface area contributed by atoms with E-state index in [0.717, 1.165) is 30.2 Å². The van der Waals surface area contributed by atoms with Gasteiger partial charge in [0.2, 0.25) is 0 Å². The first-order valence-electron chi connectivity index (χ1n) is 10.7. The number of hydrogen-bond donors (Lipinski definition) is 0. The number of carbonyl (C=O) groups is 1. The second-order valence-corrected chi connectivity index (χ2v) is 9.54.